The summed E-state index contributed by atoms with van der Waals surface area (Å²) in [5.41, 5.74) is 2.18. The van der Waals surface area contributed by atoms with Crippen LogP contribution in [0.2, 0.25) is 0 Å². The molecule has 0 fully saturated rings. The molecule has 0 saturated heterocycles. The van der Waals surface area contributed by atoms with E-state index in [2.05, 4.69) is 15.6 Å². The van der Waals surface area contributed by atoms with Crippen LogP contribution >= 0.6 is 11.3 Å². The lowest BCUT2D eigenvalue weighted by atomic mass is 10.1. The molecule has 0 aliphatic carbocycles. The average Bonchev–Trinajstić information content (AvgIpc) is 3.20. The molecular formula is C24H25F2N3O3S. The minimum absolute atomic E-state index is 0.136. The summed E-state index contributed by atoms with van der Waals surface area (Å²) in [7, 11) is 0. The monoisotopic (exact) mass is 473 g/mol. The Balaban J connectivity index is 1.56. The Kier molecular flexibility index (Phi) is 8.24. The third-order valence-electron chi connectivity index (χ3n) is 4.59. The number of carbonyl (C=O) groups excluding carboxylic acids is 2. The minimum atomic E-state index is -0.861. The van der Waals surface area contributed by atoms with E-state index in [4.69, 9.17) is 4.74 Å². The number of nitrogens with zero attached hydrogens (tertiary/aromatic N) is 1. The van der Waals surface area contributed by atoms with Crippen molar-refractivity contribution in [3.8, 4) is 10.4 Å². The first-order valence-corrected chi connectivity index (χ1v) is 11.2. The summed E-state index contributed by atoms with van der Waals surface area (Å²) in [6.45, 7) is 5.99. The average molecular weight is 474 g/mol. The molecule has 2 amide bonds. The van der Waals surface area contributed by atoms with E-state index in [-0.39, 0.29) is 18.1 Å². The molecule has 6 nitrogen and oxygen atoms in total. The van der Waals surface area contributed by atoms with Crippen LogP contribution in [0.4, 0.5) is 13.9 Å². The zero-order chi connectivity index (χ0) is 24.0. The van der Waals surface area contributed by atoms with Crippen molar-refractivity contribution < 1.29 is 23.1 Å². The Labute approximate surface area is 195 Å². The number of hydrogen-bond donors (Lipinski definition) is 2. The number of aromatic nitrogens is 1. The van der Waals surface area contributed by atoms with Gasteiger partial charge in [0, 0.05) is 12.3 Å². The van der Waals surface area contributed by atoms with E-state index in [1.165, 1.54) is 18.3 Å². The van der Waals surface area contributed by atoms with Gasteiger partial charge in [0.2, 0.25) is 11.8 Å². The summed E-state index contributed by atoms with van der Waals surface area (Å²) in [4.78, 5) is 29.7. The Hall–Kier alpha value is -3.17. The molecule has 174 valence electrons. The maximum atomic E-state index is 13.3. The van der Waals surface area contributed by atoms with E-state index in [0.717, 1.165) is 34.2 Å². The molecule has 0 bridgehead atoms. The fourth-order valence-corrected chi connectivity index (χ4v) is 3.83. The molecule has 0 aliphatic heterocycles. The number of hydrogen-bond acceptors (Lipinski definition) is 5. The van der Waals surface area contributed by atoms with Crippen LogP contribution in [0.5, 0.6) is 0 Å². The number of halogens is 2. The topological polar surface area (TPSA) is 80.3 Å². The van der Waals surface area contributed by atoms with Crippen molar-refractivity contribution in [2.45, 2.75) is 45.9 Å². The van der Waals surface area contributed by atoms with Crippen LogP contribution in [0, 0.1) is 11.6 Å². The summed E-state index contributed by atoms with van der Waals surface area (Å²) in [5, 5.41) is 5.60. The third-order valence-corrected chi connectivity index (χ3v) is 5.55. The van der Waals surface area contributed by atoms with E-state index >= 15 is 0 Å². The van der Waals surface area contributed by atoms with Crippen molar-refractivity contribution in [1.29, 1.82) is 0 Å². The third kappa shape index (κ3) is 7.44. The molecular weight excluding hydrogens is 448 g/mol. The fourth-order valence-electron chi connectivity index (χ4n) is 3.01. The van der Waals surface area contributed by atoms with Gasteiger partial charge in [0.25, 0.3) is 0 Å². The predicted molar refractivity (Wildman–Crippen MR) is 124 cm³/mol. The highest BCUT2D eigenvalue weighted by atomic mass is 32.1. The van der Waals surface area contributed by atoms with Gasteiger partial charge in [-0.2, -0.15) is 0 Å². The predicted octanol–water partition coefficient (Wildman–Crippen LogP) is 4.70. The van der Waals surface area contributed by atoms with E-state index in [0.29, 0.717) is 11.7 Å². The molecule has 0 radical (unpaired) electrons. The van der Waals surface area contributed by atoms with Crippen molar-refractivity contribution >= 4 is 28.3 Å². The highest BCUT2D eigenvalue weighted by molar-refractivity contribution is 7.19. The van der Waals surface area contributed by atoms with Gasteiger partial charge in [0.05, 0.1) is 24.0 Å². The lowest BCUT2D eigenvalue weighted by molar-refractivity contribution is -0.125. The van der Waals surface area contributed by atoms with Gasteiger partial charge < -0.3 is 15.4 Å². The number of anilines is 1. The van der Waals surface area contributed by atoms with Crippen LogP contribution in [0.1, 0.15) is 31.9 Å². The minimum Gasteiger partial charge on any atom is -0.374 e. The highest BCUT2D eigenvalue weighted by Crippen LogP contribution is 2.29. The SMILES string of the molecule is CC(C)OCc1cccc(-c2cnc(NC(=O)[C@H](C)NC(=O)Cc3cc(F)cc(F)c3)s2)c1. The van der Waals surface area contributed by atoms with Gasteiger partial charge in [-0.05, 0) is 55.7 Å². The quantitative estimate of drug-likeness (QED) is 0.472. The molecule has 3 rings (SSSR count). The van der Waals surface area contributed by atoms with Gasteiger partial charge in [-0.25, -0.2) is 13.8 Å². The second kappa shape index (κ2) is 11.1. The largest absolute Gasteiger partial charge is 0.374 e. The first-order chi connectivity index (χ1) is 15.7. The van der Waals surface area contributed by atoms with E-state index in [1.54, 1.807) is 6.20 Å². The van der Waals surface area contributed by atoms with Crippen molar-refractivity contribution in [3.63, 3.8) is 0 Å². The van der Waals surface area contributed by atoms with Crippen LogP contribution in [-0.2, 0) is 27.4 Å². The highest BCUT2D eigenvalue weighted by Gasteiger charge is 2.18. The molecule has 1 heterocycles. The second-order valence-electron chi connectivity index (χ2n) is 7.82. The Bertz CT molecular complexity index is 1110. The number of nitrogens with one attached hydrogen (secondary N) is 2. The number of thiazole rings is 1. The van der Waals surface area contributed by atoms with Gasteiger partial charge >= 0.3 is 0 Å². The van der Waals surface area contributed by atoms with Gasteiger partial charge in [0.15, 0.2) is 5.13 Å². The zero-order valence-electron chi connectivity index (χ0n) is 18.5. The Morgan fingerprint density at radius 3 is 2.48 bits per heavy atom. The van der Waals surface area contributed by atoms with Crippen LogP contribution in [0.25, 0.3) is 10.4 Å². The lowest BCUT2D eigenvalue weighted by Crippen LogP contribution is -2.42. The van der Waals surface area contributed by atoms with Gasteiger partial charge in [0.1, 0.15) is 17.7 Å². The Morgan fingerprint density at radius 1 is 1.06 bits per heavy atom. The number of amides is 2. The maximum absolute atomic E-state index is 13.3. The van der Waals surface area contributed by atoms with Crippen molar-refractivity contribution in [3.05, 3.63) is 71.4 Å². The lowest BCUT2D eigenvalue weighted by Gasteiger charge is -2.13. The molecule has 3 aromatic rings. The molecule has 9 heteroatoms. The summed E-state index contributed by atoms with van der Waals surface area (Å²) in [5.74, 6) is -2.50. The zero-order valence-corrected chi connectivity index (χ0v) is 19.3. The molecule has 0 saturated carbocycles. The van der Waals surface area contributed by atoms with Crippen LogP contribution < -0.4 is 10.6 Å². The van der Waals surface area contributed by atoms with E-state index < -0.39 is 29.5 Å². The number of carbonyl (C=O) groups is 2. The molecule has 33 heavy (non-hydrogen) atoms. The molecule has 0 aliphatic rings. The maximum Gasteiger partial charge on any atom is 0.248 e. The van der Waals surface area contributed by atoms with Crippen molar-refractivity contribution in [2.24, 2.45) is 0 Å². The molecule has 1 aromatic heterocycles. The van der Waals surface area contributed by atoms with Gasteiger partial charge in [-0.3, -0.25) is 9.59 Å². The summed E-state index contributed by atoms with van der Waals surface area (Å²) >= 11 is 1.31. The number of rotatable bonds is 9. The summed E-state index contributed by atoms with van der Waals surface area (Å²) < 4.78 is 32.2. The number of benzene rings is 2. The van der Waals surface area contributed by atoms with Crippen LogP contribution in [0.3, 0.4) is 0 Å². The first kappa shape index (κ1) is 24.5. The summed E-state index contributed by atoms with van der Waals surface area (Å²) in [6, 6.07) is 9.92. The molecule has 2 aromatic carbocycles. The molecule has 0 unspecified atom stereocenters. The first-order valence-electron chi connectivity index (χ1n) is 10.4. The van der Waals surface area contributed by atoms with Crippen molar-refractivity contribution in [1.82, 2.24) is 10.3 Å². The van der Waals surface area contributed by atoms with Crippen molar-refractivity contribution in [2.75, 3.05) is 5.32 Å². The van der Waals surface area contributed by atoms with Crippen LogP contribution in [-0.4, -0.2) is 28.9 Å². The number of ether oxygens (including phenoxy) is 1. The summed E-state index contributed by atoms with van der Waals surface area (Å²) in [6.07, 6.45) is 1.56. The molecule has 1 atom stereocenters. The van der Waals surface area contributed by atoms with Gasteiger partial charge in [-0.15, -0.1) is 0 Å². The molecule has 0 spiro atoms. The smallest absolute Gasteiger partial charge is 0.248 e. The normalized spacial score (nSPS) is 11.9. The van der Waals surface area contributed by atoms with Crippen LogP contribution in [0.15, 0.2) is 48.7 Å². The fraction of sp³-hybridized carbons (Fsp3) is 0.292. The van der Waals surface area contributed by atoms with Gasteiger partial charge in [-0.1, -0.05) is 29.5 Å². The molecule has 2 N–H and O–H groups in total. The standard InChI is InChI=1S/C24H25F2N3O3S/c1-14(2)32-13-16-5-4-6-18(7-16)21-12-27-24(33-21)29-23(31)15(3)28-22(30)10-17-8-19(25)11-20(26)9-17/h4-9,11-12,14-15H,10,13H2,1-3H3,(H,28,30)(H,27,29,31)/t15-/m0/s1. The second-order valence-corrected chi connectivity index (χ2v) is 8.85. The van der Waals surface area contributed by atoms with E-state index in [9.17, 15) is 18.4 Å². The van der Waals surface area contributed by atoms with E-state index in [1.807, 2.05) is 38.1 Å². The Morgan fingerprint density at radius 2 is 1.79 bits per heavy atom.